The molecule has 0 saturated heterocycles. The van der Waals surface area contributed by atoms with Gasteiger partial charge in [-0.15, -0.1) is 0 Å². The van der Waals surface area contributed by atoms with Crippen molar-refractivity contribution in [3.05, 3.63) is 34.1 Å². The number of ether oxygens (including phenoxy) is 1. The van der Waals surface area contributed by atoms with E-state index in [0.717, 1.165) is 0 Å². The fourth-order valence-electron chi connectivity index (χ4n) is 1.09. The summed E-state index contributed by atoms with van der Waals surface area (Å²) in [6.07, 6.45) is 0. The van der Waals surface area contributed by atoms with Gasteiger partial charge >= 0.3 is 0 Å². The van der Waals surface area contributed by atoms with E-state index in [1.165, 1.54) is 26.2 Å². The second-order valence-corrected chi connectivity index (χ2v) is 3.89. The number of rotatable bonds is 2. The predicted molar refractivity (Wildman–Crippen MR) is 54.1 cm³/mol. The summed E-state index contributed by atoms with van der Waals surface area (Å²) < 4.78 is 19.1. The predicted octanol–water partition coefficient (Wildman–Crippen LogP) is 2.97. The molecule has 74 valence electrons. The Labute approximate surface area is 90.4 Å². The van der Waals surface area contributed by atoms with Crippen molar-refractivity contribution in [3.63, 3.8) is 0 Å². The van der Waals surface area contributed by atoms with Gasteiger partial charge in [-0.2, -0.15) is 5.26 Å². The van der Waals surface area contributed by atoms with Crippen LogP contribution in [-0.4, -0.2) is 7.11 Å². The van der Waals surface area contributed by atoms with Gasteiger partial charge in [0.25, 0.3) is 0 Å². The van der Waals surface area contributed by atoms with Crippen LogP contribution in [0.25, 0.3) is 0 Å². The van der Waals surface area contributed by atoms with Crippen LogP contribution in [0, 0.1) is 17.1 Å². The summed E-state index contributed by atoms with van der Waals surface area (Å²) in [5, 5.41) is 8.88. The lowest BCUT2D eigenvalue weighted by Gasteiger charge is -2.20. The molecule has 1 aromatic carbocycles. The maximum atomic E-state index is 13.5. The van der Waals surface area contributed by atoms with Crippen molar-refractivity contribution < 1.29 is 9.13 Å². The summed E-state index contributed by atoms with van der Waals surface area (Å²) in [5.41, 5.74) is -0.990. The maximum Gasteiger partial charge on any atom is 0.179 e. The molecule has 0 N–H and O–H groups in total. The average molecular weight is 258 g/mol. The van der Waals surface area contributed by atoms with Gasteiger partial charge in [0.15, 0.2) is 5.60 Å². The molecule has 2 nitrogen and oxygen atoms in total. The first-order valence-corrected chi connectivity index (χ1v) is 4.74. The molecule has 0 aromatic heterocycles. The van der Waals surface area contributed by atoms with E-state index in [2.05, 4.69) is 15.9 Å². The van der Waals surface area contributed by atoms with Crippen LogP contribution in [-0.2, 0) is 10.3 Å². The summed E-state index contributed by atoms with van der Waals surface area (Å²) >= 11 is 3.14. The monoisotopic (exact) mass is 257 g/mol. The lowest BCUT2D eigenvalue weighted by molar-refractivity contribution is 0.0501. The van der Waals surface area contributed by atoms with Crippen molar-refractivity contribution in [3.8, 4) is 6.07 Å². The van der Waals surface area contributed by atoms with Crippen LogP contribution in [0.15, 0.2) is 22.7 Å². The van der Waals surface area contributed by atoms with E-state index < -0.39 is 11.4 Å². The van der Waals surface area contributed by atoms with Crippen LogP contribution in [0.2, 0.25) is 0 Å². The molecule has 1 aromatic rings. The average Bonchev–Trinajstić information content (AvgIpc) is 2.17. The Morgan fingerprint density at radius 2 is 2.21 bits per heavy atom. The highest BCUT2D eigenvalue weighted by Crippen LogP contribution is 2.27. The van der Waals surface area contributed by atoms with Crippen molar-refractivity contribution in [2.45, 2.75) is 12.5 Å². The summed E-state index contributed by atoms with van der Waals surface area (Å²) in [7, 11) is 1.38. The van der Waals surface area contributed by atoms with Crippen LogP contribution in [0.5, 0.6) is 0 Å². The quantitative estimate of drug-likeness (QED) is 0.816. The first-order valence-electron chi connectivity index (χ1n) is 3.95. The summed E-state index contributed by atoms with van der Waals surface area (Å²) in [6, 6.07) is 6.44. The second kappa shape index (κ2) is 4.07. The van der Waals surface area contributed by atoms with E-state index in [-0.39, 0.29) is 5.56 Å². The Balaban J connectivity index is 3.26. The molecule has 0 saturated carbocycles. The molecular formula is C10H9BrFNO. The van der Waals surface area contributed by atoms with Crippen LogP contribution < -0.4 is 0 Å². The van der Waals surface area contributed by atoms with Gasteiger partial charge in [0, 0.05) is 17.1 Å². The number of hydrogen-bond donors (Lipinski definition) is 0. The normalized spacial score (nSPS) is 14.5. The van der Waals surface area contributed by atoms with Gasteiger partial charge in [0.2, 0.25) is 0 Å². The number of methoxy groups -OCH3 is 1. The highest BCUT2D eigenvalue weighted by atomic mass is 79.9. The van der Waals surface area contributed by atoms with Crippen molar-refractivity contribution in [2.75, 3.05) is 7.11 Å². The standard InChI is InChI=1S/C10H9BrFNO/c1-10(6-13,14-2)8-4-3-7(11)5-9(8)12/h3-5H,1-2H3. The highest BCUT2D eigenvalue weighted by molar-refractivity contribution is 9.10. The number of halogens is 2. The van der Waals surface area contributed by atoms with Gasteiger partial charge in [-0.05, 0) is 19.1 Å². The molecule has 4 heteroatoms. The van der Waals surface area contributed by atoms with Crippen LogP contribution in [0.1, 0.15) is 12.5 Å². The van der Waals surface area contributed by atoms with Crippen molar-refractivity contribution in [2.24, 2.45) is 0 Å². The Morgan fingerprint density at radius 3 is 2.64 bits per heavy atom. The van der Waals surface area contributed by atoms with Gasteiger partial charge in [0.1, 0.15) is 11.9 Å². The topological polar surface area (TPSA) is 33.0 Å². The summed E-state index contributed by atoms with van der Waals surface area (Å²) in [4.78, 5) is 0. The molecule has 0 aliphatic carbocycles. The third-order valence-corrected chi connectivity index (χ3v) is 2.56. The molecule has 0 radical (unpaired) electrons. The molecule has 1 unspecified atom stereocenters. The lowest BCUT2D eigenvalue weighted by atomic mass is 9.97. The van der Waals surface area contributed by atoms with E-state index in [1.54, 1.807) is 6.07 Å². The van der Waals surface area contributed by atoms with Crippen LogP contribution >= 0.6 is 15.9 Å². The molecule has 0 fully saturated rings. The minimum absolute atomic E-state index is 0.241. The number of nitriles is 1. The molecule has 0 spiro atoms. The number of benzene rings is 1. The zero-order chi connectivity index (χ0) is 10.8. The molecule has 1 atom stereocenters. The molecule has 0 bridgehead atoms. The Bertz CT molecular complexity index is 388. The largest absolute Gasteiger partial charge is 0.359 e. The summed E-state index contributed by atoms with van der Waals surface area (Å²) in [6.45, 7) is 1.53. The number of nitrogens with zero attached hydrogens (tertiary/aromatic N) is 1. The van der Waals surface area contributed by atoms with E-state index >= 15 is 0 Å². The Morgan fingerprint density at radius 1 is 1.57 bits per heavy atom. The molecule has 0 heterocycles. The zero-order valence-electron chi connectivity index (χ0n) is 7.84. The first-order chi connectivity index (χ1) is 6.53. The molecular weight excluding hydrogens is 249 g/mol. The van der Waals surface area contributed by atoms with Gasteiger partial charge in [-0.1, -0.05) is 22.0 Å². The molecule has 14 heavy (non-hydrogen) atoms. The molecule has 0 aliphatic rings. The van der Waals surface area contributed by atoms with Gasteiger partial charge in [-0.3, -0.25) is 0 Å². The number of hydrogen-bond acceptors (Lipinski definition) is 2. The van der Waals surface area contributed by atoms with E-state index in [0.29, 0.717) is 4.47 Å². The first kappa shape index (κ1) is 11.2. The lowest BCUT2D eigenvalue weighted by Crippen LogP contribution is -2.23. The highest BCUT2D eigenvalue weighted by Gasteiger charge is 2.28. The SMILES string of the molecule is COC(C)(C#N)c1ccc(Br)cc1F. The Hall–Kier alpha value is -0.920. The van der Waals surface area contributed by atoms with E-state index in [1.807, 2.05) is 6.07 Å². The second-order valence-electron chi connectivity index (χ2n) is 2.97. The molecule has 1 rings (SSSR count). The van der Waals surface area contributed by atoms with E-state index in [4.69, 9.17) is 10.00 Å². The van der Waals surface area contributed by atoms with Crippen LogP contribution in [0.3, 0.4) is 0 Å². The molecule has 0 aliphatic heterocycles. The van der Waals surface area contributed by atoms with Crippen molar-refractivity contribution in [1.29, 1.82) is 5.26 Å². The van der Waals surface area contributed by atoms with Crippen LogP contribution in [0.4, 0.5) is 4.39 Å². The fraction of sp³-hybridized carbons (Fsp3) is 0.300. The van der Waals surface area contributed by atoms with Crippen molar-refractivity contribution >= 4 is 15.9 Å². The molecule has 0 amide bonds. The smallest absolute Gasteiger partial charge is 0.179 e. The van der Waals surface area contributed by atoms with Gasteiger partial charge in [-0.25, -0.2) is 4.39 Å². The zero-order valence-corrected chi connectivity index (χ0v) is 9.43. The van der Waals surface area contributed by atoms with E-state index in [9.17, 15) is 4.39 Å². The van der Waals surface area contributed by atoms with Gasteiger partial charge < -0.3 is 4.74 Å². The maximum absolute atomic E-state index is 13.5. The fourth-order valence-corrected chi connectivity index (χ4v) is 1.43. The van der Waals surface area contributed by atoms with Crippen molar-refractivity contribution in [1.82, 2.24) is 0 Å². The minimum atomic E-state index is -1.23. The third kappa shape index (κ3) is 1.94. The summed E-state index contributed by atoms with van der Waals surface area (Å²) in [5.74, 6) is -0.453. The minimum Gasteiger partial charge on any atom is -0.359 e. The van der Waals surface area contributed by atoms with Gasteiger partial charge in [0.05, 0.1) is 0 Å². The third-order valence-electron chi connectivity index (χ3n) is 2.07. The Kier molecular flexibility index (Phi) is 3.25.